The molecule has 0 spiro atoms. The summed E-state index contributed by atoms with van der Waals surface area (Å²) in [7, 11) is 0. The van der Waals surface area contributed by atoms with Gasteiger partial charge in [-0.3, -0.25) is 19.5 Å². The van der Waals surface area contributed by atoms with Gasteiger partial charge in [-0.1, -0.05) is 60.7 Å². The van der Waals surface area contributed by atoms with Gasteiger partial charge in [0.25, 0.3) is 5.91 Å². The Labute approximate surface area is 205 Å². The molecule has 2 heterocycles. The van der Waals surface area contributed by atoms with Crippen molar-refractivity contribution >= 4 is 23.2 Å². The predicted molar refractivity (Wildman–Crippen MR) is 137 cm³/mol. The first-order valence-electron chi connectivity index (χ1n) is 12.0. The van der Waals surface area contributed by atoms with Gasteiger partial charge >= 0.3 is 0 Å². The number of benzene rings is 3. The normalized spacial score (nSPS) is 18.4. The monoisotopic (exact) mass is 467 g/mol. The highest BCUT2D eigenvalue weighted by molar-refractivity contribution is 6.39. The Morgan fingerprint density at radius 2 is 1.46 bits per heavy atom. The van der Waals surface area contributed by atoms with Crippen LogP contribution in [0.5, 0.6) is 0 Å². The van der Waals surface area contributed by atoms with E-state index in [1.54, 1.807) is 12.1 Å². The second-order valence-corrected chi connectivity index (χ2v) is 8.99. The first-order chi connectivity index (χ1) is 17.1. The van der Waals surface area contributed by atoms with Gasteiger partial charge in [-0.25, -0.2) is 0 Å². The summed E-state index contributed by atoms with van der Waals surface area (Å²) in [5.41, 5.74) is 9.71. The van der Waals surface area contributed by atoms with Gasteiger partial charge in [0.2, 0.25) is 5.91 Å². The molecule has 0 bridgehead atoms. The van der Waals surface area contributed by atoms with Gasteiger partial charge in [0.15, 0.2) is 0 Å². The Bertz CT molecular complexity index is 1200. The zero-order chi connectivity index (χ0) is 24.2. The van der Waals surface area contributed by atoms with Gasteiger partial charge in [0.05, 0.1) is 11.7 Å². The lowest BCUT2D eigenvalue weighted by molar-refractivity contribution is -0.125. The van der Waals surface area contributed by atoms with Crippen LogP contribution in [0.1, 0.15) is 33.9 Å². The van der Waals surface area contributed by atoms with Gasteiger partial charge in [0, 0.05) is 44.7 Å². The van der Waals surface area contributed by atoms with Gasteiger partial charge in [-0.15, -0.1) is 0 Å². The third kappa shape index (κ3) is 5.10. The van der Waals surface area contributed by atoms with Gasteiger partial charge in [-0.05, 0) is 35.4 Å². The van der Waals surface area contributed by atoms with Crippen LogP contribution in [0.3, 0.4) is 0 Å². The minimum atomic E-state index is -0.418. The van der Waals surface area contributed by atoms with E-state index in [1.165, 1.54) is 0 Å². The number of hydrogen-bond acceptors (Lipinski definition) is 5. The molecule has 3 aromatic rings. The molecule has 3 aromatic carbocycles. The molecule has 0 aliphatic carbocycles. The average molecular weight is 468 g/mol. The van der Waals surface area contributed by atoms with Crippen LogP contribution in [0.15, 0.2) is 90.0 Å². The zero-order valence-electron chi connectivity index (χ0n) is 19.6. The highest BCUT2D eigenvalue weighted by atomic mass is 16.2. The maximum atomic E-state index is 13.4. The second kappa shape index (κ2) is 10.1. The van der Waals surface area contributed by atoms with Crippen molar-refractivity contribution in [2.75, 3.05) is 31.2 Å². The van der Waals surface area contributed by atoms with Crippen LogP contribution >= 0.6 is 0 Å². The predicted octanol–water partition coefficient (Wildman–Crippen LogP) is 3.44. The topological polar surface area (TPSA) is 82.2 Å². The van der Waals surface area contributed by atoms with E-state index in [4.69, 9.17) is 10.8 Å². The third-order valence-electron chi connectivity index (χ3n) is 6.67. The average Bonchev–Trinajstić information content (AvgIpc) is 3.36. The van der Waals surface area contributed by atoms with E-state index in [2.05, 4.69) is 17.0 Å². The molecule has 2 amide bonds. The second-order valence-electron chi connectivity index (χ2n) is 8.99. The molecule has 5 rings (SSSR count). The lowest BCUT2D eigenvalue weighted by Crippen LogP contribution is -2.50. The molecule has 1 unspecified atom stereocenters. The molecule has 7 nitrogen and oxygen atoms in total. The molecule has 178 valence electrons. The molecule has 35 heavy (non-hydrogen) atoms. The van der Waals surface area contributed by atoms with Gasteiger partial charge in [0.1, 0.15) is 5.71 Å². The Hall–Kier alpha value is -3.97. The van der Waals surface area contributed by atoms with Crippen molar-refractivity contribution < 1.29 is 9.59 Å². The van der Waals surface area contributed by atoms with Crippen LogP contribution in [0.4, 0.5) is 5.69 Å². The lowest BCUT2D eigenvalue weighted by atomic mass is 10.0. The number of nitrogens with zero attached hydrogens (tertiary/aromatic N) is 4. The number of hydrazone groups is 1. The van der Waals surface area contributed by atoms with Crippen molar-refractivity contribution in [2.24, 2.45) is 10.8 Å². The number of para-hydroxylation sites is 1. The summed E-state index contributed by atoms with van der Waals surface area (Å²) in [4.78, 5) is 28.9. The molecular weight excluding hydrogens is 438 g/mol. The van der Waals surface area contributed by atoms with Crippen molar-refractivity contribution in [3.8, 4) is 0 Å². The molecule has 2 aliphatic heterocycles. The summed E-state index contributed by atoms with van der Waals surface area (Å²) in [5, 5.41) is 6.79. The highest BCUT2D eigenvalue weighted by Gasteiger charge is 2.35. The van der Waals surface area contributed by atoms with E-state index < -0.39 is 5.91 Å². The molecule has 1 fully saturated rings. The van der Waals surface area contributed by atoms with Crippen molar-refractivity contribution in [1.82, 2.24) is 9.80 Å². The number of piperazine rings is 1. The SMILES string of the molecule is NC(=O)c1ccc(CN2CCN(C(=O)C3=NN(c4ccccc4)C(c4ccccc4)C3)CC2)cc1. The van der Waals surface area contributed by atoms with E-state index in [9.17, 15) is 9.59 Å². The van der Waals surface area contributed by atoms with Gasteiger partial charge < -0.3 is 10.6 Å². The maximum absolute atomic E-state index is 13.4. The van der Waals surface area contributed by atoms with Crippen LogP contribution in [-0.4, -0.2) is 53.5 Å². The molecule has 1 saturated heterocycles. The Morgan fingerprint density at radius 3 is 2.09 bits per heavy atom. The van der Waals surface area contributed by atoms with Crippen LogP contribution < -0.4 is 10.7 Å². The maximum Gasteiger partial charge on any atom is 0.270 e. The molecule has 0 aromatic heterocycles. The fourth-order valence-electron chi connectivity index (χ4n) is 4.72. The van der Waals surface area contributed by atoms with E-state index in [0.29, 0.717) is 30.8 Å². The standard InChI is InChI=1S/C28H29N5O2/c29-27(34)23-13-11-21(12-14-23)20-31-15-17-32(18-16-31)28(35)25-19-26(22-7-3-1-4-8-22)33(30-25)24-9-5-2-6-10-24/h1-14,26H,15-20H2,(H2,29,34). The first kappa shape index (κ1) is 22.8. The van der Waals surface area contributed by atoms with Crippen molar-refractivity contribution in [3.63, 3.8) is 0 Å². The Balaban J connectivity index is 1.24. The number of amides is 2. The summed E-state index contributed by atoms with van der Waals surface area (Å²) < 4.78 is 0. The summed E-state index contributed by atoms with van der Waals surface area (Å²) >= 11 is 0. The first-order valence-corrected chi connectivity index (χ1v) is 12.0. The van der Waals surface area contributed by atoms with Crippen molar-refractivity contribution in [3.05, 3.63) is 102 Å². The zero-order valence-corrected chi connectivity index (χ0v) is 19.6. The number of anilines is 1. The lowest BCUT2D eigenvalue weighted by Gasteiger charge is -2.34. The number of carbonyl (C=O) groups is 2. The van der Waals surface area contributed by atoms with Crippen LogP contribution in [0.2, 0.25) is 0 Å². The molecule has 2 aliphatic rings. The van der Waals surface area contributed by atoms with E-state index in [0.717, 1.165) is 36.4 Å². The summed E-state index contributed by atoms with van der Waals surface area (Å²) in [6.45, 7) is 3.69. The summed E-state index contributed by atoms with van der Waals surface area (Å²) in [6.07, 6.45) is 0.587. The fourth-order valence-corrected chi connectivity index (χ4v) is 4.72. The summed E-state index contributed by atoms with van der Waals surface area (Å²) in [5.74, 6) is -0.395. The minimum absolute atomic E-state index is 0.00205. The quantitative estimate of drug-likeness (QED) is 0.602. The highest BCUT2D eigenvalue weighted by Crippen LogP contribution is 2.35. The third-order valence-corrected chi connectivity index (χ3v) is 6.67. The molecule has 0 saturated carbocycles. The molecule has 1 atom stereocenters. The molecule has 7 heteroatoms. The van der Waals surface area contributed by atoms with E-state index >= 15 is 0 Å². The number of primary amides is 1. The van der Waals surface area contributed by atoms with Crippen LogP contribution in [0.25, 0.3) is 0 Å². The number of rotatable bonds is 6. The van der Waals surface area contributed by atoms with E-state index in [-0.39, 0.29) is 11.9 Å². The van der Waals surface area contributed by atoms with Gasteiger partial charge in [-0.2, -0.15) is 5.10 Å². The fraction of sp³-hybridized carbons (Fsp3) is 0.250. The minimum Gasteiger partial charge on any atom is -0.366 e. The van der Waals surface area contributed by atoms with E-state index in [1.807, 2.05) is 70.6 Å². The Morgan fingerprint density at radius 1 is 0.829 bits per heavy atom. The van der Waals surface area contributed by atoms with Crippen molar-refractivity contribution in [2.45, 2.75) is 19.0 Å². The number of nitrogens with two attached hydrogens (primary N) is 1. The van der Waals surface area contributed by atoms with Crippen LogP contribution in [-0.2, 0) is 11.3 Å². The Kier molecular flexibility index (Phi) is 6.59. The number of hydrogen-bond donors (Lipinski definition) is 1. The smallest absolute Gasteiger partial charge is 0.270 e. The molecular formula is C28H29N5O2. The largest absolute Gasteiger partial charge is 0.366 e. The number of carbonyl (C=O) groups excluding carboxylic acids is 2. The summed E-state index contributed by atoms with van der Waals surface area (Å²) in [6, 6.07) is 27.7. The molecule has 0 radical (unpaired) electrons. The molecule has 2 N–H and O–H groups in total. The van der Waals surface area contributed by atoms with Crippen molar-refractivity contribution in [1.29, 1.82) is 0 Å². The van der Waals surface area contributed by atoms with Crippen LogP contribution in [0, 0.1) is 0 Å².